The Morgan fingerprint density at radius 3 is 2.76 bits per heavy atom. The van der Waals surface area contributed by atoms with E-state index in [1.807, 2.05) is 0 Å². The fourth-order valence-electron chi connectivity index (χ4n) is 1.29. The van der Waals surface area contributed by atoms with E-state index in [9.17, 15) is 0 Å². The zero-order chi connectivity index (χ0) is 12.7. The van der Waals surface area contributed by atoms with Gasteiger partial charge < -0.3 is 15.8 Å². The molecule has 0 amide bonds. The molecule has 5 nitrogen and oxygen atoms in total. The largest absolute Gasteiger partial charge is 0.478 e. The van der Waals surface area contributed by atoms with Crippen LogP contribution in [0, 0.1) is 0 Å². The van der Waals surface area contributed by atoms with Gasteiger partial charge in [0.15, 0.2) is 0 Å². The maximum Gasteiger partial charge on any atom is 0.218 e. The molecule has 0 bridgehead atoms. The lowest BCUT2D eigenvalue weighted by Crippen LogP contribution is -2.42. The number of hydrogen-bond donors (Lipinski definition) is 2. The van der Waals surface area contributed by atoms with Crippen LogP contribution < -0.4 is 15.8 Å². The van der Waals surface area contributed by atoms with Crippen LogP contribution >= 0.6 is 0 Å². The molecule has 1 heterocycles. The SMILES string of the molecule is CCCOc1cc(NC(C)(CC)CN)ncn1. The van der Waals surface area contributed by atoms with Crippen LogP contribution in [0.4, 0.5) is 5.82 Å². The minimum Gasteiger partial charge on any atom is -0.478 e. The standard InChI is InChI=1S/C12H22N4O/c1-4-6-17-11-7-10(14-9-15-11)16-12(3,5-2)8-13/h7,9H,4-6,8,13H2,1-3H3,(H,14,15,16). The van der Waals surface area contributed by atoms with Crippen LogP contribution in [-0.4, -0.2) is 28.7 Å². The maximum absolute atomic E-state index is 5.75. The average Bonchev–Trinajstić information content (AvgIpc) is 2.36. The first-order valence-corrected chi connectivity index (χ1v) is 6.06. The summed E-state index contributed by atoms with van der Waals surface area (Å²) in [6, 6.07) is 1.80. The van der Waals surface area contributed by atoms with Crippen LogP contribution in [0.3, 0.4) is 0 Å². The van der Waals surface area contributed by atoms with E-state index in [1.165, 1.54) is 6.33 Å². The fraction of sp³-hybridized carbons (Fsp3) is 0.667. The summed E-state index contributed by atoms with van der Waals surface area (Å²) in [5, 5.41) is 3.32. The predicted molar refractivity (Wildman–Crippen MR) is 69.2 cm³/mol. The van der Waals surface area contributed by atoms with Gasteiger partial charge in [0.05, 0.1) is 6.61 Å². The minimum absolute atomic E-state index is 0.142. The zero-order valence-electron chi connectivity index (χ0n) is 10.9. The van der Waals surface area contributed by atoms with Crippen LogP contribution in [0.15, 0.2) is 12.4 Å². The van der Waals surface area contributed by atoms with Crippen molar-refractivity contribution in [3.8, 4) is 5.88 Å². The number of anilines is 1. The van der Waals surface area contributed by atoms with Crippen LogP contribution in [0.1, 0.15) is 33.6 Å². The Balaban J connectivity index is 2.71. The lowest BCUT2D eigenvalue weighted by atomic mass is 9.99. The molecular weight excluding hydrogens is 216 g/mol. The van der Waals surface area contributed by atoms with Crippen LogP contribution in [-0.2, 0) is 0 Å². The minimum atomic E-state index is -0.142. The van der Waals surface area contributed by atoms with Crippen molar-refractivity contribution >= 4 is 5.82 Å². The Labute approximate surface area is 103 Å². The fourth-order valence-corrected chi connectivity index (χ4v) is 1.29. The molecule has 1 aromatic heterocycles. The molecule has 0 fully saturated rings. The molecule has 0 radical (unpaired) electrons. The highest BCUT2D eigenvalue weighted by Gasteiger charge is 2.20. The molecule has 1 unspecified atom stereocenters. The Bertz CT molecular complexity index is 339. The summed E-state index contributed by atoms with van der Waals surface area (Å²) in [5.41, 5.74) is 5.60. The highest BCUT2D eigenvalue weighted by molar-refractivity contribution is 5.40. The first-order valence-electron chi connectivity index (χ1n) is 6.06. The summed E-state index contributed by atoms with van der Waals surface area (Å²) in [5.74, 6) is 1.35. The molecule has 5 heteroatoms. The van der Waals surface area contributed by atoms with E-state index in [1.54, 1.807) is 6.07 Å². The van der Waals surface area contributed by atoms with Gasteiger partial charge in [-0.05, 0) is 19.8 Å². The Morgan fingerprint density at radius 1 is 1.41 bits per heavy atom. The highest BCUT2D eigenvalue weighted by Crippen LogP contribution is 2.18. The number of ether oxygens (including phenoxy) is 1. The van der Waals surface area contributed by atoms with Crippen LogP contribution in [0.2, 0.25) is 0 Å². The summed E-state index contributed by atoms with van der Waals surface area (Å²) in [6.45, 7) is 7.44. The molecule has 17 heavy (non-hydrogen) atoms. The average molecular weight is 238 g/mol. The molecule has 0 saturated carbocycles. The van der Waals surface area contributed by atoms with E-state index in [-0.39, 0.29) is 5.54 Å². The van der Waals surface area contributed by atoms with Gasteiger partial charge in [-0.15, -0.1) is 0 Å². The third kappa shape index (κ3) is 4.19. The molecule has 0 aromatic carbocycles. The molecule has 1 aromatic rings. The van der Waals surface area contributed by atoms with Crippen molar-refractivity contribution in [2.75, 3.05) is 18.5 Å². The third-order valence-electron chi connectivity index (χ3n) is 2.76. The molecule has 0 saturated heterocycles. The van der Waals surface area contributed by atoms with E-state index >= 15 is 0 Å². The monoisotopic (exact) mass is 238 g/mol. The van der Waals surface area contributed by atoms with Gasteiger partial charge in [-0.25, -0.2) is 9.97 Å². The normalized spacial score (nSPS) is 14.1. The predicted octanol–water partition coefficient (Wildman–Crippen LogP) is 1.80. The summed E-state index contributed by atoms with van der Waals surface area (Å²) in [6.07, 6.45) is 3.39. The molecule has 0 aliphatic carbocycles. The number of nitrogens with zero attached hydrogens (tertiary/aromatic N) is 2. The zero-order valence-corrected chi connectivity index (χ0v) is 10.9. The third-order valence-corrected chi connectivity index (χ3v) is 2.76. The van der Waals surface area contributed by atoms with E-state index in [0.717, 1.165) is 18.7 Å². The number of nitrogens with one attached hydrogen (secondary N) is 1. The van der Waals surface area contributed by atoms with E-state index < -0.39 is 0 Å². The van der Waals surface area contributed by atoms with E-state index in [2.05, 4.69) is 36.1 Å². The smallest absolute Gasteiger partial charge is 0.218 e. The second kappa shape index (κ2) is 6.39. The molecule has 1 atom stereocenters. The second-order valence-electron chi connectivity index (χ2n) is 4.33. The summed E-state index contributed by atoms with van der Waals surface area (Å²) >= 11 is 0. The van der Waals surface area contributed by atoms with Crippen molar-refractivity contribution < 1.29 is 4.74 Å². The van der Waals surface area contributed by atoms with Crippen LogP contribution in [0.25, 0.3) is 0 Å². The van der Waals surface area contributed by atoms with Crippen molar-refractivity contribution in [1.82, 2.24) is 9.97 Å². The molecular formula is C12H22N4O. The highest BCUT2D eigenvalue weighted by atomic mass is 16.5. The molecule has 3 N–H and O–H groups in total. The summed E-state index contributed by atoms with van der Waals surface area (Å²) in [4.78, 5) is 8.22. The number of hydrogen-bond acceptors (Lipinski definition) is 5. The quantitative estimate of drug-likeness (QED) is 0.758. The molecule has 0 aliphatic heterocycles. The van der Waals surface area contributed by atoms with Gasteiger partial charge in [0.1, 0.15) is 12.1 Å². The van der Waals surface area contributed by atoms with Gasteiger partial charge in [0, 0.05) is 18.2 Å². The lowest BCUT2D eigenvalue weighted by Gasteiger charge is -2.28. The van der Waals surface area contributed by atoms with Crippen molar-refractivity contribution in [3.05, 3.63) is 12.4 Å². The topological polar surface area (TPSA) is 73.1 Å². The Hall–Kier alpha value is -1.36. The van der Waals surface area contributed by atoms with E-state index in [0.29, 0.717) is 19.0 Å². The molecule has 0 aliphatic rings. The Morgan fingerprint density at radius 2 is 2.18 bits per heavy atom. The number of rotatable bonds is 7. The van der Waals surface area contributed by atoms with Gasteiger partial charge in [0.2, 0.25) is 5.88 Å². The van der Waals surface area contributed by atoms with Gasteiger partial charge in [-0.2, -0.15) is 0 Å². The van der Waals surface area contributed by atoms with Crippen molar-refractivity contribution in [3.63, 3.8) is 0 Å². The summed E-state index contributed by atoms with van der Waals surface area (Å²) in [7, 11) is 0. The van der Waals surface area contributed by atoms with Crippen molar-refractivity contribution in [2.24, 2.45) is 5.73 Å². The van der Waals surface area contributed by atoms with Gasteiger partial charge in [0.25, 0.3) is 0 Å². The number of aromatic nitrogens is 2. The van der Waals surface area contributed by atoms with Crippen LogP contribution in [0.5, 0.6) is 5.88 Å². The summed E-state index contributed by atoms with van der Waals surface area (Å²) < 4.78 is 5.46. The molecule has 1 rings (SSSR count). The van der Waals surface area contributed by atoms with Crippen molar-refractivity contribution in [1.29, 1.82) is 0 Å². The lowest BCUT2D eigenvalue weighted by molar-refractivity contribution is 0.304. The second-order valence-corrected chi connectivity index (χ2v) is 4.33. The van der Waals surface area contributed by atoms with Gasteiger partial charge >= 0.3 is 0 Å². The van der Waals surface area contributed by atoms with E-state index in [4.69, 9.17) is 10.5 Å². The number of nitrogens with two attached hydrogens (primary N) is 1. The Kier molecular flexibility index (Phi) is 5.15. The first kappa shape index (κ1) is 13.7. The maximum atomic E-state index is 5.75. The molecule has 0 spiro atoms. The molecule has 96 valence electrons. The first-order chi connectivity index (χ1) is 8.13. The van der Waals surface area contributed by atoms with Gasteiger partial charge in [-0.1, -0.05) is 13.8 Å². The van der Waals surface area contributed by atoms with Crippen molar-refractivity contribution in [2.45, 2.75) is 39.2 Å². The van der Waals surface area contributed by atoms with Gasteiger partial charge in [-0.3, -0.25) is 0 Å².